The van der Waals surface area contributed by atoms with Crippen LogP contribution < -0.4 is 14.8 Å². The van der Waals surface area contributed by atoms with Crippen LogP contribution in [0.4, 0.5) is 16.2 Å². The van der Waals surface area contributed by atoms with Crippen LogP contribution in [0.15, 0.2) is 47.4 Å². The first kappa shape index (κ1) is 20.6. The Morgan fingerprint density at radius 3 is 2.26 bits per heavy atom. The van der Waals surface area contributed by atoms with Crippen LogP contribution in [0.5, 0.6) is 5.75 Å². The average Bonchev–Trinajstić information content (AvgIpc) is 2.63. The Kier molecular flexibility index (Phi) is 6.68. The van der Waals surface area contributed by atoms with Gasteiger partial charge >= 0.3 is 6.03 Å². The molecule has 0 aliphatic carbocycles. The molecule has 0 fully saturated rings. The monoisotopic (exact) mass is 391 g/mol. The molecule has 0 saturated carbocycles. The molecule has 0 spiro atoms. The SMILES string of the molecule is CCN(CC)C(=O)Nc1ccc(S(=O)(=O)Nc2cc(C)ccc2OC)cc1. The lowest BCUT2D eigenvalue weighted by atomic mass is 10.2. The molecule has 2 aromatic carbocycles. The Balaban J connectivity index is 2.18. The highest BCUT2D eigenvalue weighted by atomic mass is 32.2. The molecular weight excluding hydrogens is 366 g/mol. The van der Waals surface area contributed by atoms with E-state index < -0.39 is 10.0 Å². The zero-order valence-corrected chi connectivity index (χ0v) is 16.8. The molecule has 0 saturated heterocycles. The summed E-state index contributed by atoms with van der Waals surface area (Å²) < 4.78 is 33.1. The summed E-state index contributed by atoms with van der Waals surface area (Å²) in [7, 11) is -2.30. The van der Waals surface area contributed by atoms with Gasteiger partial charge in [-0.25, -0.2) is 13.2 Å². The number of hydrogen-bond acceptors (Lipinski definition) is 4. The quantitative estimate of drug-likeness (QED) is 0.754. The second kappa shape index (κ2) is 8.77. The molecule has 8 heteroatoms. The topological polar surface area (TPSA) is 87.7 Å². The van der Waals surface area contributed by atoms with E-state index in [1.807, 2.05) is 26.8 Å². The lowest BCUT2D eigenvalue weighted by Crippen LogP contribution is -2.34. The van der Waals surface area contributed by atoms with Crippen molar-refractivity contribution in [2.45, 2.75) is 25.7 Å². The molecule has 0 aromatic heterocycles. The van der Waals surface area contributed by atoms with Crippen LogP contribution in [-0.4, -0.2) is 39.5 Å². The maximum Gasteiger partial charge on any atom is 0.321 e. The summed E-state index contributed by atoms with van der Waals surface area (Å²) in [4.78, 5) is 13.8. The highest BCUT2D eigenvalue weighted by Crippen LogP contribution is 2.28. The van der Waals surface area contributed by atoms with E-state index in [1.54, 1.807) is 29.2 Å². The van der Waals surface area contributed by atoms with Gasteiger partial charge in [-0.1, -0.05) is 6.07 Å². The molecule has 0 unspecified atom stereocenters. The lowest BCUT2D eigenvalue weighted by Gasteiger charge is -2.19. The zero-order chi connectivity index (χ0) is 20.0. The van der Waals surface area contributed by atoms with Crippen molar-refractivity contribution in [3.8, 4) is 5.75 Å². The predicted octanol–water partition coefficient (Wildman–Crippen LogP) is 3.68. The number of carbonyl (C=O) groups excluding carboxylic acids is 1. The second-order valence-corrected chi connectivity index (χ2v) is 7.62. The van der Waals surface area contributed by atoms with Gasteiger partial charge in [0.2, 0.25) is 0 Å². The fourth-order valence-corrected chi connectivity index (χ4v) is 3.60. The van der Waals surface area contributed by atoms with Crippen molar-refractivity contribution in [3.05, 3.63) is 48.0 Å². The van der Waals surface area contributed by atoms with E-state index in [0.717, 1.165) is 5.56 Å². The normalized spacial score (nSPS) is 11.0. The summed E-state index contributed by atoms with van der Waals surface area (Å²) in [6.07, 6.45) is 0. The average molecular weight is 391 g/mol. The fourth-order valence-electron chi connectivity index (χ4n) is 2.54. The maximum absolute atomic E-state index is 12.7. The molecule has 0 aliphatic rings. The first-order valence-corrected chi connectivity index (χ1v) is 10.1. The fraction of sp³-hybridized carbons (Fsp3) is 0.316. The summed E-state index contributed by atoms with van der Waals surface area (Å²) in [6, 6.07) is 11.0. The number of carbonyl (C=O) groups is 1. The number of aryl methyl sites for hydroxylation is 1. The number of amides is 2. The minimum absolute atomic E-state index is 0.0897. The molecule has 146 valence electrons. The van der Waals surface area contributed by atoms with Crippen molar-refractivity contribution in [1.29, 1.82) is 0 Å². The van der Waals surface area contributed by atoms with Crippen molar-refractivity contribution >= 4 is 27.4 Å². The minimum atomic E-state index is -3.79. The Hall–Kier alpha value is -2.74. The third-order valence-corrected chi connectivity index (χ3v) is 5.45. The molecule has 0 aliphatic heterocycles. The van der Waals surface area contributed by atoms with Crippen molar-refractivity contribution in [2.75, 3.05) is 30.2 Å². The van der Waals surface area contributed by atoms with Crippen LogP contribution in [0.25, 0.3) is 0 Å². The highest BCUT2D eigenvalue weighted by molar-refractivity contribution is 7.92. The highest BCUT2D eigenvalue weighted by Gasteiger charge is 2.17. The smallest absolute Gasteiger partial charge is 0.321 e. The first-order chi connectivity index (χ1) is 12.8. The summed E-state index contributed by atoms with van der Waals surface area (Å²) in [5, 5.41) is 2.75. The number of nitrogens with one attached hydrogen (secondary N) is 2. The molecule has 7 nitrogen and oxygen atoms in total. The lowest BCUT2D eigenvalue weighted by molar-refractivity contribution is 0.217. The number of nitrogens with zero attached hydrogens (tertiary/aromatic N) is 1. The number of sulfonamides is 1. The van der Waals surface area contributed by atoms with Gasteiger partial charge in [-0.3, -0.25) is 4.72 Å². The Morgan fingerprint density at radius 2 is 1.70 bits per heavy atom. The van der Waals surface area contributed by atoms with Crippen LogP contribution in [0.2, 0.25) is 0 Å². The maximum atomic E-state index is 12.7. The summed E-state index contributed by atoms with van der Waals surface area (Å²) in [5.41, 5.74) is 1.80. The van der Waals surface area contributed by atoms with Gasteiger partial charge in [-0.05, 0) is 62.7 Å². The minimum Gasteiger partial charge on any atom is -0.495 e. The first-order valence-electron chi connectivity index (χ1n) is 8.64. The van der Waals surface area contributed by atoms with E-state index in [0.29, 0.717) is 30.2 Å². The second-order valence-electron chi connectivity index (χ2n) is 5.94. The number of hydrogen-bond donors (Lipinski definition) is 2. The van der Waals surface area contributed by atoms with E-state index >= 15 is 0 Å². The number of ether oxygens (including phenoxy) is 1. The van der Waals surface area contributed by atoms with E-state index in [-0.39, 0.29) is 10.9 Å². The van der Waals surface area contributed by atoms with Crippen LogP contribution in [-0.2, 0) is 10.0 Å². The van der Waals surface area contributed by atoms with Gasteiger partial charge in [-0.2, -0.15) is 0 Å². The Bertz CT molecular complexity index is 892. The van der Waals surface area contributed by atoms with Crippen molar-refractivity contribution < 1.29 is 17.9 Å². The van der Waals surface area contributed by atoms with Gasteiger partial charge in [-0.15, -0.1) is 0 Å². The zero-order valence-electron chi connectivity index (χ0n) is 15.9. The Labute approximate surface area is 160 Å². The third kappa shape index (κ3) is 5.13. The van der Waals surface area contributed by atoms with Crippen molar-refractivity contribution in [1.82, 2.24) is 4.90 Å². The third-order valence-electron chi connectivity index (χ3n) is 4.07. The van der Waals surface area contributed by atoms with Crippen molar-refractivity contribution in [3.63, 3.8) is 0 Å². The molecule has 2 amide bonds. The van der Waals surface area contributed by atoms with Crippen molar-refractivity contribution in [2.24, 2.45) is 0 Å². The van der Waals surface area contributed by atoms with E-state index in [1.165, 1.54) is 19.2 Å². The van der Waals surface area contributed by atoms with Crippen LogP contribution in [0.1, 0.15) is 19.4 Å². The molecule has 0 atom stereocenters. The molecule has 0 bridgehead atoms. The number of anilines is 2. The van der Waals surface area contributed by atoms with Gasteiger partial charge in [0.05, 0.1) is 17.7 Å². The van der Waals surface area contributed by atoms with Crippen LogP contribution in [0.3, 0.4) is 0 Å². The number of urea groups is 1. The van der Waals surface area contributed by atoms with Gasteiger partial charge in [0.15, 0.2) is 0 Å². The van der Waals surface area contributed by atoms with Gasteiger partial charge < -0.3 is 15.0 Å². The van der Waals surface area contributed by atoms with E-state index in [9.17, 15) is 13.2 Å². The van der Waals surface area contributed by atoms with Gasteiger partial charge in [0.1, 0.15) is 5.75 Å². The number of methoxy groups -OCH3 is 1. The molecule has 0 radical (unpaired) electrons. The molecular formula is C19H25N3O4S. The van der Waals surface area contributed by atoms with Gasteiger partial charge in [0.25, 0.3) is 10.0 Å². The van der Waals surface area contributed by atoms with Crippen LogP contribution >= 0.6 is 0 Å². The Morgan fingerprint density at radius 1 is 1.07 bits per heavy atom. The number of benzene rings is 2. The van der Waals surface area contributed by atoms with E-state index in [2.05, 4.69) is 10.0 Å². The molecule has 2 N–H and O–H groups in total. The van der Waals surface area contributed by atoms with Gasteiger partial charge in [0, 0.05) is 18.8 Å². The molecule has 2 aromatic rings. The largest absolute Gasteiger partial charge is 0.495 e. The molecule has 2 rings (SSSR count). The summed E-state index contributed by atoms with van der Waals surface area (Å²) >= 11 is 0. The summed E-state index contributed by atoms with van der Waals surface area (Å²) in [6.45, 7) is 6.84. The van der Waals surface area contributed by atoms with E-state index in [4.69, 9.17) is 4.74 Å². The van der Waals surface area contributed by atoms with Crippen LogP contribution in [0, 0.1) is 6.92 Å². The molecule has 27 heavy (non-hydrogen) atoms. The standard InChI is InChI=1S/C19H25N3O4S/c1-5-22(6-2)19(23)20-15-8-10-16(11-9-15)27(24,25)21-17-13-14(3)7-12-18(17)26-4/h7-13,21H,5-6H2,1-4H3,(H,20,23). The number of rotatable bonds is 7. The summed E-state index contributed by atoms with van der Waals surface area (Å²) in [5.74, 6) is 0.437. The molecule has 0 heterocycles. The predicted molar refractivity (Wildman–Crippen MR) is 107 cm³/mol.